The van der Waals surface area contributed by atoms with Gasteiger partial charge in [0.2, 0.25) is 27.7 Å². The van der Waals surface area contributed by atoms with Gasteiger partial charge in [0, 0.05) is 42.8 Å². The Morgan fingerprint density at radius 3 is 2.59 bits per heavy atom. The Hall–Kier alpha value is -4.84. The third-order valence-corrected chi connectivity index (χ3v) is 14.3. The number of rotatable bonds is 7. The average Bonchev–Trinajstić information content (AvgIpc) is 3.87. The number of carbonyl (C=O) groups is 5. The lowest BCUT2D eigenvalue weighted by molar-refractivity contribution is -0.142. The molecule has 2 aliphatic carbocycles. The summed E-state index contributed by atoms with van der Waals surface area (Å²) in [6.07, 6.45) is 7.37. The van der Waals surface area contributed by atoms with E-state index in [-0.39, 0.29) is 44.4 Å². The molecule has 1 aromatic carbocycles. The molecule has 310 valence electrons. The lowest BCUT2D eigenvalue weighted by atomic mass is 9.93. The highest BCUT2D eigenvalue weighted by Gasteiger charge is 2.63. The van der Waals surface area contributed by atoms with Crippen molar-refractivity contribution < 1.29 is 37.1 Å². The summed E-state index contributed by atoms with van der Waals surface area (Å²) in [5.41, 5.74) is 1.53. The second-order valence-corrected chi connectivity index (χ2v) is 19.9. The fourth-order valence-electron chi connectivity index (χ4n) is 8.71. The number of benzene rings is 1. The van der Waals surface area contributed by atoms with Crippen molar-refractivity contribution in [2.45, 2.75) is 107 Å². The minimum absolute atomic E-state index is 0.0268. The molecule has 3 aromatic rings. The predicted molar refractivity (Wildman–Crippen MR) is 214 cm³/mol. The van der Waals surface area contributed by atoms with Crippen LogP contribution in [0.15, 0.2) is 47.3 Å². The number of ether oxygens (including phenoxy) is 1. The van der Waals surface area contributed by atoms with Gasteiger partial charge in [0.05, 0.1) is 21.8 Å². The van der Waals surface area contributed by atoms with Crippen LogP contribution in [-0.2, 0) is 40.5 Å². The van der Waals surface area contributed by atoms with Gasteiger partial charge in [-0.1, -0.05) is 37.1 Å². The first kappa shape index (κ1) is 40.0. The van der Waals surface area contributed by atoms with Gasteiger partial charge in [0.15, 0.2) is 5.82 Å². The second kappa shape index (κ2) is 15.4. The van der Waals surface area contributed by atoms with Crippen molar-refractivity contribution in [3.05, 3.63) is 47.3 Å². The predicted octanol–water partition coefficient (Wildman–Crippen LogP) is 3.34. The monoisotopic (exact) mass is 834 g/mol. The fourth-order valence-corrected chi connectivity index (χ4v) is 10.6. The first-order chi connectivity index (χ1) is 27.6. The molecule has 0 spiro atoms. The van der Waals surface area contributed by atoms with Gasteiger partial charge in [-0.2, -0.15) is 0 Å². The highest BCUT2D eigenvalue weighted by Crippen LogP contribution is 2.47. The SMILES string of the molecule is CC(C)(C)OC(=O)N[C@@H]1CCCCC/C=C\[C@@H]2C[C@@]2(C(=O)NS(=O)(=O)C2CC2)NC(=O)[C@@H]2[C@H]3CN(C(=O)Cn4c(-c5cscn5)nc5ccccc54)C[C@H]3CN2C1=O. The number of hydrogen-bond donors (Lipinski definition) is 3. The molecule has 58 heavy (non-hydrogen) atoms. The maximum atomic E-state index is 14.8. The van der Waals surface area contributed by atoms with Gasteiger partial charge in [-0.25, -0.2) is 23.2 Å². The number of aromatic nitrogens is 3. The minimum atomic E-state index is -3.92. The standard InChI is InChI=1S/C40H50N8O8S2/c1-39(2,3)56-38(53)43-29-13-8-6-4-5-7-11-25-17-40(25,37(52)45-58(54,55)26-15-16-26)44-35(50)33-27-20-46(18-24(27)19-48(33)36(29)51)32(49)21-47-31-14-10-9-12-28(31)42-34(47)30-22-57-23-41-30/h7,9-12,14,22-27,29,33H,4-6,8,13,15-21H2,1-3H3,(H,43,53)(H,44,50)(H,45,52)/b11-7-/t24-,25+,27-,29+,33-,40+/m0/s1. The van der Waals surface area contributed by atoms with E-state index in [1.54, 1.807) is 31.2 Å². The van der Waals surface area contributed by atoms with Crippen molar-refractivity contribution in [3.8, 4) is 11.5 Å². The number of alkyl carbamates (subject to hydrolysis) is 1. The minimum Gasteiger partial charge on any atom is -0.444 e. The van der Waals surface area contributed by atoms with Crippen molar-refractivity contribution in [1.29, 1.82) is 0 Å². The number of likely N-dealkylation sites (tertiary alicyclic amines) is 1. The third kappa shape index (κ3) is 8.09. The number of fused-ring (bicyclic) bond motifs is 5. The molecule has 5 aliphatic rings. The molecule has 3 aliphatic heterocycles. The smallest absolute Gasteiger partial charge is 0.408 e. The number of amides is 5. The summed E-state index contributed by atoms with van der Waals surface area (Å²) in [4.78, 5) is 82.9. The molecule has 5 amide bonds. The quantitative estimate of drug-likeness (QED) is 0.297. The highest BCUT2D eigenvalue weighted by atomic mass is 32.2. The summed E-state index contributed by atoms with van der Waals surface area (Å²) in [7, 11) is -3.92. The number of nitrogens with one attached hydrogen (secondary N) is 3. The molecule has 8 rings (SSSR count). The third-order valence-electron chi connectivity index (χ3n) is 11.9. The zero-order valence-electron chi connectivity index (χ0n) is 32.9. The van der Waals surface area contributed by atoms with Crippen LogP contribution in [0.2, 0.25) is 0 Å². The molecule has 0 unspecified atom stereocenters. The van der Waals surface area contributed by atoms with E-state index in [1.165, 1.54) is 16.2 Å². The molecular weight excluding hydrogens is 785 g/mol. The molecule has 18 heteroatoms. The fraction of sp³-hybridized carbons (Fsp3) is 0.575. The molecule has 2 saturated heterocycles. The number of para-hydroxylation sites is 2. The number of nitrogens with zero attached hydrogens (tertiary/aromatic N) is 5. The molecule has 16 nitrogen and oxygen atoms in total. The molecule has 3 N–H and O–H groups in total. The van der Waals surface area contributed by atoms with Gasteiger partial charge in [-0.15, -0.1) is 11.3 Å². The van der Waals surface area contributed by atoms with E-state index in [0.29, 0.717) is 43.6 Å². The maximum Gasteiger partial charge on any atom is 0.408 e. The number of thiazole rings is 1. The van der Waals surface area contributed by atoms with E-state index in [4.69, 9.17) is 9.72 Å². The van der Waals surface area contributed by atoms with E-state index in [9.17, 15) is 32.4 Å². The zero-order valence-corrected chi connectivity index (χ0v) is 34.5. The summed E-state index contributed by atoms with van der Waals surface area (Å²) in [6, 6.07) is 5.45. The van der Waals surface area contributed by atoms with E-state index in [2.05, 4.69) is 20.3 Å². The number of allylic oxidation sites excluding steroid dienone is 1. The van der Waals surface area contributed by atoms with Gasteiger partial charge in [-0.3, -0.25) is 23.9 Å². The largest absolute Gasteiger partial charge is 0.444 e. The molecule has 0 radical (unpaired) electrons. The molecule has 0 bridgehead atoms. The summed E-state index contributed by atoms with van der Waals surface area (Å²) in [5, 5.41) is 6.95. The molecule has 5 heterocycles. The topological polar surface area (TPSA) is 202 Å². The first-order valence-corrected chi connectivity index (χ1v) is 22.6. The van der Waals surface area contributed by atoms with Crippen LogP contribution < -0.4 is 15.4 Å². The maximum absolute atomic E-state index is 14.8. The van der Waals surface area contributed by atoms with Crippen molar-refractivity contribution >= 4 is 62.1 Å². The van der Waals surface area contributed by atoms with Crippen LogP contribution in [0.1, 0.15) is 72.1 Å². The van der Waals surface area contributed by atoms with Crippen molar-refractivity contribution in [2.24, 2.45) is 17.8 Å². The zero-order chi connectivity index (χ0) is 41.0. The summed E-state index contributed by atoms with van der Waals surface area (Å²) >= 11 is 1.43. The Morgan fingerprint density at radius 2 is 1.84 bits per heavy atom. The van der Waals surface area contributed by atoms with Gasteiger partial charge < -0.3 is 29.7 Å². The summed E-state index contributed by atoms with van der Waals surface area (Å²) in [5.74, 6) is -2.73. The van der Waals surface area contributed by atoms with E-state index < -0.39 is 74.1 Å². The van der Waals surface area contributed by atoms with Crippen LogP contribution >= 0.6 is 11.3 Å². The van der Waals surface area contributed by atoms with Crippen LogP contribution in [-0.4, -0.2) is 111 Å². The molecular formula is C40H50N8O8S2. The average molecular weight is 835 g/mol. The normalized spacial score (nSPS) is 28.4. The Labute approximate surface area is 341 Å². The van der Waals surface area contributed by atoms with Gasteiger partial charge in [0.1, 0.15) is 35.5 Å². The summed E-state index contributed by atoms with van der Waals surface area (Å²) in [6.45, 7) is 5.74. The number of sulfonamides is 1. The lowest BCUT2D eigenvalue weighted by Gasteiger charge is -2.33. The van der Waals surface area contributed by atoms with Crippen molar-refractivity contribution in [2.75, 3.05) is 19.6 Å². The second-order valence-electron chi connectivity index (χ2n) is 17.3. The van der Waals surface area contributed by atoms with Gasteiger partial charge in [0.25, 0.3) is 5.91 Å². The number of imidazole rings is 1. The van der Waals surface area contributed by atoms with Gasteiger partial charge >= 0.3 is 6.09 Å². The van der Waals surface area contributed by atoms with Crippen LogP contribution in [0.4, 0.5) is 4.79 Å². The number of hydrogen-bond acceptors (Lipinski definition) is 11. The Balaban J connectivity index is 1.09. The van der Waals surface area contributed by atoms with Crippen LogP contribution in [0.25, 0.3) is 22.6 Å². The number of carbonyl (C=O) groups excluding carboxylic acids is 5. The molecule has 2 saturated carbocycles. The highest BCUT2D eigenvalue weighted by molar-refractivity contribution is 7.91. The molecule has 4 fully saturated rings. The molecule has 2 aromatic heterocycles. The van der Waals surface area contributed by atoms with Crippen LogP contribution in [0.5, 0.6) is 0 Å². The first-order valence-electron chi connectivity index (χ1n) is 20.1. The Morgan fingerprint density at radius 1 is 1.05 bits per heavy atom. The van der Waals surface area contributed by atoms with Crippen LogP contribution in [0, 0.1) is 17.8 Å². The van der Waals surface area contributed by atoms with Crippen molar-refractivity contribution in [1.82, 2.24) is 39.7 Å². The van der Waals surface area contributed by atoms with Gasteiger partial charge in [-0.05, 0) is 71.4 Å². The van der Waals surface area contributed by atoms with E-state index in [0.717, 1.165) is 23.9 Å². The summed E-state index contributed by atoms with van der Waals surface area (Å²) < 4.78 is 35.5. The lowest BCUT2D eigenvalue weighted by Crippen LogP contribution is -2.60. The molecule has 6 atom stereocenters. The Kier molecular flexibility index (Phi) is 10.6. The Bertz CT molecular complexity index is 2250. The van der Waals surface area contributed by atoms with Crippen LogP contribution in [0.3, 0.4) is 0 Å². The van der Waals surface area contributed by atoms with Crippen molar-refractivity contribution in [3.63, 3.8) is 0 Å². The van der Waals surface area contributed by atoms with E-state index >= 15 is 0 Å². The van der Waals surface area contributed by atoms with E-state index in [1.807, 2.05) is 46.4 Å².